The van der Waals surface area contributed by atoms with Crippen molar-refractivity contribution in [1.29, 1.82) is 0 Å². The van der Waals surface area contributed by atoms with Gasteiger partial charge in [0, 0.05) is 32.4 Å². The summed E-state index contributed by atoms with van der Waals surface area (Å²) in [5.41, 5.74) is 6.50. The van der Waals surface area contributed by atoms with Crippen LogP contribution in [0.5, 0.6) is 0 Å². The summed E-state index contributed by atoms with van der Waals surface area (Å²) in [7, 11) is 3.16. The Kier molecular flexibility index (Phi) is 8.79. The number of hydrogen-bond acceptors (Lipinski definition) is 6. The van der Waals surface area contributed by atoms with Crippen LogP contribution in [0.2, 0.25) is 0 Å². The summed E-state index contributed by atoms with van der Waals surface area (Å²) in [5, 5.41) is 6.13. The summed E-state index contributed by atoms with van der Waals surface area (Å²) in [6.07, 6.45) is 19.0. The van der Waals surface area contributed by atoms with Crippen LogP contribution in [0.1, 0.15) is 64.2 Å². The highest BCUT2D eigenvalue weighted by atomic mass is 16.5. The molecule has 5 aliphatic rings. The molecule has 1 spiro atoms. The Labute approximate surface area is 232 Å². The summed E-state index contributed by atoms with van der Waals surface area (Å²) in [5.74, 6) is 3.97. The van der Waals surface area contributed by atoms with Crippen molar-refractivity contribution in [3.8, 4) is 0 Å². The highest BCUT2D eigenvalue weighted by Gasteiger charge is 2.77. The molecule has 0 heterocycles. The number of amides is 2. The molecule has 5 fully saturated rings. The number of aliphatic imine (C=N–C) groups is 1. The predicted octanol–water partition coefficient (Wildman–Crippen LogP) is 3.64. The van der Waals surface area contributed by atoms with Gasteiger partial charge in [0.2, 0.25) is 0 Å². The molecule has 5 rings (SSSR count). The van der Waals surface area contributed by atoms with E-state index in [0.717, 1.165) is 24.7 Å². The van der Waals surface area contributed by atoms with Crippen molar-refractivity contribution in [2.45, 2.75) is 70.3 Å². The fourth-order valence-corrected chi connectivity index (χ4v) is 8.58. The number of allylic oxidation sites excluding steroid dienone is 3. The van der Waals surface area contributed by atoms with E-state index in [1.54, 1.807) is 19.3 Å². The molecule has 5 saturated carbocycles. The lowest BCUT2D eigenvalue weighted by Crippen LogP contribution is -2.73. The molecule has 39 heavy (non-hydrogen) atoms. The number of carbonyl (C=O) groups is 2. The Balaban J connectivity index is 1.30. The lowest BCUT2D eigenvalue weighted by Gasteiger charge is -2.70. The zero-order chi connectivity index (χ0) is 27.4. The summed E-state index contributed by atoms with van der Waals surface area (Å²) in [6.45, 7) is 1.34. The second kappa shape index (κ2) is 12.3. The number of nitrogens with two attached hydrogens (primary N) is 1. The standard InChI is InChI=1S/C31H46N4O4/c1-33-18-23(29(36)35-28-24-15-21-14-22-16-25(28)31(22,24)17-21)26(39-19-20-8-4-3-5-9-20)10-6-7-11-27(38-2)30(37)34-13-12-32/h6,10-11,18,20-22,24-25,28H,3-5,7-9,12-17,19,32H2,1-2H3,(H,34,37)(H,35,36)/b10-6+,26-23-,27-11-,33-18?/t21?,22?,24?,25?,28-,31?/m1/s1. The van der Waals surface area contributed by atoms with E-state index in [9.17, 15) is 9.59 Å². The fourth-order valence-electron chi connectivity index (χ4n) is 8.58. The first-order valence-electron chi connectivity index (χ1n) is 15.0. The van der Waals surface area contributed by atoms with Gasteiger partial charge in [-0.2, -0.15) is 0 Å². The van der Waals surface area contributed by atoms with Crippen LogP contribution >= 0.6 is 0 Å². The van der Waals surface area contributed by atoms with Crippen LogP contribution in [-0.4, -0.2) is 57.9 Å². The molecule has 0 saturated heterocycles. The fraction of sp³-hybridized carbons (Fsp3) is 0.710. The van der Waals surface area contributed by atoms with Gasteiger partial charge in [-0.1, -0.05) is 25.3 Å². The molecule has 2 amide bonds. The average molecular weight is 539 g/mol. The normalized spacial score (nSPS) is 33.8. The van der Waals surface area contributed by atoms with Gasteiger partial charge in [-0.15, -0.1) is 0 Å². The van der Waals surface area contributed by atoms with Crippen LogP contribution in [0.15, 0.2) is 40.3 Å². The lowest BCUT2D eigenvalue weighted by molar-refractivity contribution is -0.203. The summed E-state index contributed by atoms with van der Waals surface area (Å²) in [4.78, 5) is 30.1. The Morgan fingerprint density at radius 3 is 2.62 bits per heavy atom. The van der Waals surface area contributed by atoms with E-state index >= 15 is 0 Å². The Hall–Kier alpha value is -2.61. The molecule has 0 aromatic heterocycles. The smallest absolute Gasteiger partial charge is 0.286 e. The van der Waals surface area contributed by atoms with Crippen molar-refractivity contribution in [3.63, 3.8) is 0 Å². The molecule has 0 radical (unpaired) electrons. The molecule has 5 unspecified atom stereocenters. The summed E-state index contributed by atoms with van der Waals surface area (Å²) >= 11 is 0. The van der Waals surface area contributed by atoms with Gasteiger partial charge in [0.05, 0.1) is 19.3 Å². The zero-order valence-electron chi connectivity index (χ0n) is 23.6. The van der Waals surface area contributed by atoms with E-state index < -0.39 is 0 Å². The van der Waals surface area contributed by atoms with Crippen LogP contribution in [0.3, 0.4) is 0 Å². The van der Waals surface area contributed by atoms with Crippen LogP contribution in [-0.2, 0) is 19.1 Å². The number of carbonyl (C=O) groups excluding carboxylic acids is 2. The number of nitrogens with zero attached hydrogens (tertiary/aromatic N) is 1. The molecule has 5 aliphatic carbocycles. The molecule has 0 aromatic rings. The van der Waals surface area contributed by atoms with Crippen LogP contribution in [0.25, 0.3) is 0 Å². The number of nitrogens with one attached hydrogen (secondary N) is 2. The molecule has 0 aromatic carbocycles. The van der Waals surface area contributed by atoms with E-state index in [4.69, 9.17) is 15.2 Å². The third kappa shape index (κ3) is 5.41. The number of methoxy groups -OCH3 is 1. The van der Waals surface area contributed by atoms with Gasteiger partial charge in [-0.25, -0.2) is 0 Å². The van der Waals surface area contributed by atoms with Gasteiger partial charge in [-0.05, 0) is 92.1 Å². The Morgan fingerprint density at radius 1 is 1.10 bits per heavy atom. The number of ether oxygens (including phenoxy) is 2. The summed E-state index contributed by atoms with van der Waals surface area (Å²) in [6, 6.07) is 0.280. The van der Waals surface area contributed by atoms with Crippen molar-refractivity contribution in [2.24, 2.45) is 45.7 Å². The number of rotatable bonds is 13. The van der Waals surface area contributed by atoms with E-state index in [2.05, 4.69) is 15.6 Å². The van der Waals surface area contributed by atoms with Gasteiger partial charge in [0.1, 0.15) is 5.76 Å². The van der Waals surface area contributed by atoms with Gasteiger partial charge in [-0.3, -0.25) is 14.6 Å². The third-order valence-electron chi connectivity index (χ3n) is 10.2. The lowest BCUT2D eigenvalue weighted by atomic mass is 9.36. The Bertz CT molecular complexity index is 1040. The molecule has 6 atom stereocenters. The zero-order valence-corrected chi connectivity index (χ0v) is 23.6. The molecule has 0 aliphatic heterocycles. The maximum Gasteiger partial charge on any atom is 0.286 e. The molecular formula is C31H46N4O4. The van der Waals surface area contributed by atoms with Gasteiger partial charge >= 0.3 is 0 Å². The van der Waals surface area contributed by atoms with Gasteiger partial charge in [0.15, 0.2) is 5.76 Å². The highest BCUT2D eigenvalue weighted by Crippen LogP contribution is 2.81. The van der Waals surface area contributed by atoms with Crippen LogP contribution in [0.4, 0.5) is 0 Å². The van der Waals surface area contributed by atoms with Crippen molar-refractivity contribution >= 4 is 18.0 Å². The summed E-state index contributed by atoms with van der Waals surface area (Å²) < 4.78 is 11.6. The van der Waals surface area contributed by atoms with E-state index in [0.29, 0.717) is 60.6 Å². The molecule has 4 N–H and O–H groups in total. The van der Waals surface area contributed by atoms with Crippen molar-refractivity contribution < 1.29 is 19.1 Å². The SMILES string of the molecule is CN=C/C(C(=O)N[C@@H]1C2CC3CC4CC1C42C3)=C(\C=C\C/C=C(\OC)C(=O)NCCN)OCC1CCCCC1. The largest absolute Gasteiger partial charge is 0.492 e. The monoisotopic (exact) mass is 538 g/mol. The van der Waals surface area contributed by atoms with Crippen molar-refractivity contribution in [3.05, 3.63) is 35.3 Å². The maximum atomic E-state index is 13.7. The molecule has 214 valence electrons. The third-order valence-corrected chi connectivity index (χ3v) is 10.2. The first kappa shape index (κ1) is 27.9. The second-order valence-corrected chi connectivity index (χ2v) is 12.2. The van der Waals surface area contributed by atoms with Crippen molar-refractivity contribution in [2.75, 3.05) is 33.9 Å². The maximum absolute atomic E-state index is 13.7. The molecule has 8 heteroatoms. The predicted molar refractivity (Wildman–Crippen MR) is 152 cm³/mol. The highest BCUT2D eigenvalue weighted by molar-refractivity contribution is 6.13. The second-order valence-electron chi connectivity index (χ2n) is 12.2. The average Bonchev–Trinajstić information content (AvgIpc) is 3.47. The first-order chi connectivity index (χ1) is 19.0. The topological polar surface area (TPSA) is 115 Å². The first-order valence-corrected chi connectivity index (χ1v) is 15.0. The minimum atomic E-state index is -0.295. The number of hydrogen-bond donors (Lipinski definition) is 3. The quantitative estimate of drug-likeness (QED) is 0.143. The minimum Gasteiger partial charge on any atom is -0.492 e. The van der Waals surface area contributed by atoms with Crippen LogP contribution < -0.4 is 16.4 Å². The number of fused-ring (bicyclic) bond motifs is 1. The minimum absolute atomic E-state index is 0.0933. The molecular weight excluding hydrogens is 492 g/mol. The van der Waals surface area contributed by atoms with E-state index in [1.807, 2.05) is 12.2 Å². The van der Waals surface area contributed by atoms with Gasteiger partial charge in [0.25, 0.3) is 11.8 Å². The Morgan fingerprint density at radius 2 is 1.90 bits per heavy atom. The molecule has 2 bridgehead atoms. The van der Waals surface area contributed by atoms with Gasteiger partial charge < -0.3 is 25.8 Å². The van der Waals surface area contributed by atoms with Crippen LogP contribution in [0, 0.1) is 35.0 Å². The molecule has 8 nitrogen and oxygen atoms in total. The van der Waals surface area contributed by atoms with E-state index in [1.165, 1.54) is 52.1 Å². The van der Waals surface area contributed by atoms with Crippen molar-refractivity contribution in [1.82, 2.24) is 10.6 Å². The van der Waals surface area contributed by atoms with E-state index in [-0.39, 0.29) is 23.6 Å².